The summed E-state index contributed by atoms with van der Waals surface area (Å²) in [5.74, 6) is 0.839. The van der Waals surface area contributed by atoms with Crippen molar-refractivity contribution >= 4 is 34.1 Å². The Labute approximate surface area is 152 Å². The maximum atomic E-state index is 5.36. The standard InChI is InChI=1S/C18H21N5OS/c1-12(2)23-17-14(10-21-23)8-15(11-19-17)22-18(25)20-9-13-4-6-16(24-3)7-5-13/h4-8,10-12H,9H2,1-3H3,(H2,20,22,25). The zero-order valence-corrected chi connectivity index (χ0v) is 15.3. The molecule has 6 nitrogen and oxygen atoms in total. The van der Waals surface area contributed by atoms with Gasteiger partial charge in [0.25, 0.3) is 0 Å². The molecule has 7 heteroatoms. The summed E-state index contributed by atoms with van der Waals surface area (Å²) < 4.78 is 7.06. The maximum Gasteiger partial charge on any atom is 0.171 e. The molecule has 2 aromatic heterocycles. The summed E-state index contributed by atoms with van der Waals surface area (Å²) in [6, 6.07) is 10.1. The molecule has 0 aliphatic rings. The SMILES string of the molecule is COc1ccc(CNC(=S)Nc2cnc3c(cnn3C(C)C)c2)cc1. The molecule has 0 radical (unpaired) electrons. The Morgan fingerprint density at radius 2 is 2.00 bits per heavy atom. The maximum absolute atomic E-state index is 5.36. The molecule has 0 bridgehead atoms. The van der Waals surface area contributed by atoms with E-state index in [9.17, 15) is 0 Å². The molecular formula is C18H21N5OS. The van der Waals surface area contributed by atoms with E-state index in [4.69, 9.17) is 17.0 Å². The van der Waals surface area contributed by atoms with Gasteiger partial charge in [0.2, 0.25) is 0 Å². The van der Waals surface area contributed by atoms with Crippen LogP contribution in [-0.2, 0) is 6.54 Å². The van der Waals surface area contributed by atoms with Crippen LogP contribution in [0, 0.1) is 0 Å². The average molecular weight is 355 g/mol. The highest BCUT2D eigenvalue weighted by molar-refractivity contribution is 7.80. The summed E-state index contributed by atoms with van der Waals surface area (Å²) in [4.78, 5) is 4.49. The Morgan fingerprint density at radius 1 is 1.24 bits per heavy atom. The number of anilines is 1. The second kappa shape index (κ2) is 7.48. The normalized spacial score (nSPS) is 10.9. The Kier molecular flexibility index (Phi) is 5.14. The minimum atomic E-state index is 0.274. The molecular weight excluding hydrogens is 334 g/mol. The van der Waals surface area contributed by atoms with E-state index in [1.807, 2.05) is 41.2 Å². The molecule has 3 rings (SSSR count). The highest BCUT2D eigenvalue weighted by atomic mass is 32.1. The number of thiocarbonyl (C=S) groups is 1. The molecule has 25 heavy (non-hydrogen) atoms. The number of aromatic nitrogens is 3. The van der Waals surface area contributed by atoms with Crippen LogP contribution in [-0.4, -0.2) is 27.0 Å². The molecule has 0 atom stereocenters. The first-order chi connectivity index (χ1) is 12.1. The molecule has 2 heterocycles. The van der Waals surface area contributed by atoms with Crippen LogP contribution < -0.4 is 15.4 Å². The first-order valence-electron chi connectivity index (χ1n) is 8.08. The van der Waals surface area contributed by atoms with Crippen LogP contribution in [0.4, 0.5) is 5.69 Å². The van der Waals surface area contributed by atoms with Gasteiger partial charge in [0, 0.05) is 18.0 Å². The molecule has 0 amide bonds. The molecule has 0 aliphatic carbocycles. The van der Waals surface area contributed by atoms with Crippen molar-refractivity contribution < 1.29 is 4.74 Å². The van der Waals surface area contributed by atoms with Gasteiger partial charge in [0.05, 0.1) is 25.2 Å². The zero-order chi connectivity index (χ0) is 17.8. The van der Waals surface area contributed by atoms with E-state index < -0.39 is 0 Å². The van der Waals surface area contributed by atoms with E-state index >= 15 is 0 Å². The number of hydrogen-bond acceptors (Lipinski definition) is 4. The van der Waals surface area contributed by atoms with Crippen LogP contribution >= 0.6 is 12.2 Å². The fraction of sp³-hybridized carbons (Fsp3) is 0.278. The van der Waals surface area contributed by atoms with Crippen LogP contribution in [0.3, 0.4) is 0 Å². The third-order valence-electron chi connectivity index (χ3n) is 3.79. The molecule has 0 fully saturated rings. The van der Waals surface area contributed by atoms with Crippen molar-refractivity contribution in [2.45, 2.75) is 26.4 Å². The first-order valence-corrected chi connectivity index (χ1v) is 8.48. The largest absolute Gasteiger partial charge is 0.497 e. The van der Waals surface area contributed by atoms with Gasteiger partial charge in [-0.2, -0.15) is 5.10 Å². The third-order valence-corrected chi connectivity index (χ3v) is 4.04. The summed E-state index contributed by atoms with van der Waals surface area (Å²) in [7, 11) is 1.65. The zero-order valence-electron chi connectivity index (χ0n) is 14.5. The summed E-state index contributed by atoms with van der Waals surface area (Å²) in [5, 5.41) is 12.3. The van der Waals surface area contributed by atoms with Crippen molar-refractivity contribution in [3.05, 3.63) is 48.3 Å². The molecule has 0 spiro atoms. The lowest BCUT2D eigenvalue weighted by atomic mass is 10.2. The molecule has 0 saturated carbocycles. The summed E-state index contributed by atoms with van der Waals surface area (Å²) >= 11 is 5.36. The number of nitrogens with one attached hydrogen (secondary N) is 2. The monoisotopic (exact) mass is 355 g/mol. The number of rotatable bonds is 5. The van der Waals surface area contributed by atoms with E-state index in [1.165, 1.54) is 0 Å². The van der Waals surface area contributed by atoms with Gasteiger partial charge in [0.15, 0.2) is 10.8 Å². The van der Waals surface area contributed by atoms with Crippen LogP contribution in [0.2, 0.25) is 0 Å². The summed E-state index contributed by atoms with van der Waals surface area (Å²) in [6.45, 7) is 4.80. The number of fused-ring (bicyclic) bond motifs is 1. The van der Waals surface area contributed by atoms with Gasteiger partial charge >= 0.3 is 0 Å². The van der Waals surface area contributed by atoms with Gasteiger partial charge in [-0.3, -0.25) is 0 Å². The lowest BCUT2D eigenvalue weighted by molar-refractivity contribution is 0.414. The van der Waals surface area contributed by atoms with Gasteiger partial charge in [-0.15, -0.1) is 0 Å². The number of hydrogen-bond donors (Lipinski definition) is 2. The lowest BCUT2D eigenvalue weighted by Gasteiger charge is -2.11. The first kappa shape index (κ1) is 17.2. The molecule has 0 saturated heterocycles. The highest BCUT2D eigenvalue weighted by Crippen LogP contribution is 2.19. The molecule has 1 aromatic carbocycles. The van der Waals surface area contributed by atoms with E-state index in [0.717, 1.165) is 28.0 Å². The Hall–Kier alpha value is -2.67. The number of benzene rings is 1. The van der Waals surface area contributed by atoms with Gasteiger partial charge in [-0.1, -0.05) is 12.1 Å². The van der Waals surface area contributed by atoms with Crippen molar-refractivity contribution in [2.24, 2.45) is 0 Å². The molecule has 2 N–H and O–H groups in total. The number of nitrogens with zero attached hydrogens (tertiary/aromatic N) is 3. The predicted molar refractivity (Wildman–Crippen MR) is 104 cm³/mol. The molecule has 3 aromatic rings. The lowest BCUT2D eigenvalue weighted by Crippen LogP contribution is -2.27. The van der Waals surface area contributed by atoms with Crippen molar-refractivity contribution in [3.63, 3.8) is 0 Å². The predicted octanol–water partition coefficient (Wildman–Crippen LogP) is 3.51. The van der Waals surface area contributed by atoms with Crippen molar-refractivity contribution in [1.29, 1.82) is 0 Å². The van der Waals surface area contributed by atoms with Gasteiger partial charge in [-0.05, 0) is 49.8 Å². The van der Waals surface area contributed by atoms with Crippen LogP contribution in [0.15, 0.2) is 42.7 Å². The van der Waals surface area contributed by atoms with Gasteiger partial charge in [0.1, 0.15) is 5.75 Å². The topological polar surface area (TPSA) is 64.0 Å². The highest BCUT2D eigenvalue weighted by Gasteiger charge is 2.08. The van der Waals surface area contributed by atoms with Gasteiger partial charge < -0.3 is 15.4 Å². The quantitative estimate of drug-likeness (QED) is 0.683. The van der Waals surface area contributed by atoms with E-state index in [0.29, 0.717) is 11.7 Å². The second-order valence-electron chi connectivity index (χ2n) is 5.98. The molecule has 0 unspecified atom stereocenters. The number of pyridine rings is 1. The smallest absolute Gasteiger partial charge is 0.171 e. The van der Waals surface area contributed by atoms with Crippen LogP contribution in [0.25, 0.3) is 11.0 Å². The molecule has 130 valence electrons. The number of methoxy groups -OCH3 is 1. The van der Waals surface area contributed by atoms with Gasteiger partial charge in [-0.25, -0.2) is 9.67 Å². The van der Waals surface area contributed by atoms with Crippen molar-refractivity contribution in [1.82, 2.24) is 20.1 Å². The van der Waals surface area contributed by atoms with Crippen molar-refractivity contribution in [3.8, 4) is 5.75 Å². The van der Waals surface area contributed by atoms with E-state index in [2.05, 4.69) is 34.6 Å². The van der Waals surface area contributed by atoms with Crippen LogP contribution in [0.5, 0.6) is 5.75 Å². The minimum Gasteiger partial charge on any atom is -0.497 e. The Balaban J connectivity index is 1.61. The van der Waals surface area contributed by atoms with Crippen LogP contribution in [0.1, 0.15) is 25.5 Å². The average Bonchev–Trinajstić information content (AvgIpc) is 3.04. The Morgan fingerprint density at radius 3 is 2.68 bits per heavy atom. The summed E-state index contributed by atoms with van der Waals surface area (Å²) in [6.07, 6.45) is 3.59. The van der Waals surface area contributed by atoms with Crippen molar-refractivity contribution in [2.75, 3.05) is 12.4 Å². The molecule has 0 aliphatic heterocycles. The van der Waals surface area contributed by atoms with E-state index in [1.54, 1.807) is 13.3 Å². The Bertz CT molecular complexity index is 873. The fourth-order valence-electron chi connectivity index (χ4n) is 2.49. The second-order valence-corrected chi connectivity index (χ2v) is 6.38. The fourth-order valence-corrected chi connectivity index (χ4v) is 2.68. The summed E-state index contributed by atoms with van der Waals surface area (Å²) in [5.41, 5.74) is 2.83. The third kappa shape index (κ3) is 4.06. The minimum absolute atomic E-state index is 0.274. The van der Waals surface area contributed by atoms with E-state index in [-0.39, 0.29) is 6.04 Å². The number of ether oxygens (including phenoxy) is 1.